The molecule has 138 valence electrons. The number of thioether (sulfide) groups is 1. The van der Waals surface area contributed by atoms with Crippen molar-refractivity contribution in [3.8, 4) is 0 Å². The summed E-state index contributed by atoms with van der Waals surface area (Å²) in [7, 11) is 1.97. The second kappa shape index (κ2) is 7.58. The highest BCUT2D eigenvalue weighted by molar-refractivity contribution is 7.98. The predicted molar refractivity (Wildman–Crippen MR) is 105 cm³/mol. The molecule has 3 rings (SSSR count). The van der Waals surface area contributed by atoms with Gasteiger partial charge in [-0.25, -0.2) is 0 Å². The van der Waals surface area contributed by atoms with Gasteiger partial charge in [-0.2, -0.15) is 0 Å². The van der Waals surface area contributed by atoms with Crippen LogP contribution < -0.4 is 0 Å². The van der Waals surface area contributed by atoms with Crippen LogP contribution in [0.25, 0.3) is 0 Å². The Kier molecular flexibility index (Phi) is 5.41. The fraction of sp³-hybridized carbons (Fsp3) is 0.400. The Labute approximate surface area is 159 Å². The van der Waals surface area contributed by atoms with E-state index in [1.807, 2.05) is 71.8 Å². The molecule has 0 spiro atoms. The molecule has 0 saturated carbocycles. The molecule has 1 saturated heterocycles. The maximum atomic E-state index is 12.8. The van der Waals surface area contributed by atoms with E-state index < -0.39 is 0 Å². The summed E-state index contributed by atoms with van der Waals surface area (Å²) >= 11 is 1.66. The molecule has 1 aliphatic rings. The van der Waals surface area contributed by atoms with E-state index in [1.165, 1.54) is 0 Å². The summed E-state index contributed by atoms with van der Waals surface area (Å²) in [5.41, 5.74) is 3.53. The zero-order valence-corrected chi connectivity index (χ0v) is 16.6. The van der Waals surface area contributed by atoms with Crippen LogP contribution in [0.1, 0.15) is 32.1 Å². The minimum absolute atomic E-state index is 0.0384. The molecule has 1 aliphatic heterocycles. The summed E-state index contributed by atoms with van der Waals surface area (Å²) in [4.78, 5) is 30.3. The number of piperazine rings is 1. The minimum Gasteiger partial charge on any atom is -0.351 e. The van der Waals surface area contributed by atoms with Gasteiger partial charge in [0.05, 0.1) is 5.56 Å². The van der Waals surface area contributed by atoms with Crippen molar-refractivity contribution in [1.29, 1.82) is 0 Å². The second-order valence-corrected chi connectivity index (χ2v) is 7.54. The lowest BCUT2D eigenvalue weighted by atomic mass is 10.1. The molecular formula is C20H25N3O2S. The van der Waals surface area contributed by atoms with Crippen molar-refractivity contribution in [3.05, 3.63) is 52.8 Å². The third kappa shape index (κ3) is 3.51. The van der Waals surface area contributed by atoms with Crippen molar-refractivity contribution in [2.45, 2.75) is 18.7 Å². The fourth-order valence-corrected chi connectivity index (χ4v) is 3.68. The largest absolute Gasteiger partial charge is 0.351 e. The summed E-state index contributed by atoms with van der Waals surface area (Å²) in [6, 6.07) is 9.64. The fourth-order valence-electron chi connectivity index (χ4n) is 3.27. The highest BCUT2D eigenvalue weighted by atomic mass is 32.2. The Hall–Kier alpha value is -2.21. The molecular weight excluding hydrogens is 346 g/mol. The third-order valence-electron chi connectivity index (χ3n) is 5.20. The predicted octanol–water partition coefficient (Wildman–Crippen LogP) is 2.96. The lowest BCUT2D eigenvalue weighted by Gasteiger charge is -2.35. The maximum absolute atomic E-state index is 12.8. The number of carbonyl (C=O) groups is 2. The van der Waals surface area contributed by atoms with Gasteiger partial charge in [0.1, 0.15) is 0 Å². The molecule has 1 aromatic heterocycles. The summed E-state index contributed by atoms with van der Waals surface area (Å²) in [6.45, 7) is 6.25. The molecule has 0 atom stereocenters. The lowest BCUT2D eigenvalue weighted by molar-refractivity contribution is 0.0535. The molecule has 0 radical (unpaired) electrons. The van der Waals surface area contributed by atoms with Gasteiger partial charge in [0.25, 0.3) is 11.8 Å². The van der Waals surface area contributed by atoms with E-state index in [2.05, 4.69) is 0 Å². The number of hydrogen-bond acceptors (Lipinski definition) is 3. The average Bonchev–Trinajstić information content (AvgIpc) is 2.94. The van der Waals surface area contributed by atoms with Crippen LogP contribution in [0.4, 0.5) is 0 Å². The molecule has 2 aromatic rings. The second-order valence-electron chi connectivity index (χ2n) is 6.66. The number of rotatable bonds is 3. The quantitative estimate of drug-likeness (QED) is 0.780. The van der Waals surface area contributed by atoms with E-state index in [1.54, 1.807) is 11.8 Å². The highest BCUT2D eigenvalue weighted by Gasteiger charge is 2.27. The SMILES string of the molecule is CSc1ccc(C(=O)N2CCN(C(=O)c3cc(C)n(C)c3C)CC2)cc1. The van der Waals surface area contributed by atoms with Gasteiger partial charge in [-0.3, -0.25) is 9.59 Å². The lowest BCUT2D eigenvalue weighted by Crippen LogP contribution is -2.50. The molecule has 1 fully saturated rings. The first-order valence-electron chi connectivity index (χ1n) is 8.78. The van der Waals surface area contributed by atoms with Gasteiger partial charge in [0.2, 0.25) is 0 Å². The Morgan fingerprint density at radius 3 is 1.92 bits per heavy atom. The van der Waals surface area contributed by atoms with E-state index in [0.717, 1.165) is 21.8 Å². The molecule has 26 heavy (non-hydrogen) atoms. The Morgan fingerprint density at radius 2 is 1.46 bits per heavy atom. The van der Waals surface area contributed by atoms with E-state index in [4.69, 9.17) is 0 Å². The van der Waals surface area contributed by atoms with Crippen LogP contribution in [0, 0.1) is 13.8 Å². The van der Waals surface area contributed by atoms with Crippen LogP contribution >= 0.6 is 11.8 Å². The summed E-state index contributed by atoms with van der Waals surface area (Å²) < 4.78 is 2.03. The number of benzene rings is 1. The van der Waals surface area contributed by atoms with Crippen LogP contribution in [0.5, 0.6) is 0 Å². The standard InChI is InChI=1S/C20H25N3O2S/c1-14-13-18(15(2)21(14)3)20(25)23-11-9-22(10-12-23)19(24)16-5-7-17(26-4)8-6-16/h5-8,13H,9-12H2,1-4H3. The molecule has 0 N–H and O–H groups in total. The van der Waals surface area contributed by atoms with Gasteiger partial charge >= 0.3 is 0 Å². The molecule has 2 amide bonds. The molecule has 0 bridgehead atoms. The van der Waals surface area contributed by atoms with Gasteiger partial charge in [-0.15, -0.1) is 11.8 Å². The van der Waals surface area contributed by atoms with Gasteiger partial charge < -0.3 is 14.4 Å². The molecule has 6 heteroatoms. The Bertz CT molecular complexity index is 818. The normalized spacial score (nSPS) is 14.6. The number of carbonyl (C=O) groups excluding carboxylic acids is 2. The number of amides is 2. The molecule has 5 nitrogen and oxygen atoms in total. The number of nitrogens with zero attached hydrogens (tertiary/aromatic N) is 3. The first kappa shape index (κ1) is 18.6. The van der Waals surface area contributed by atoms with Gasteiger partial charge in [-0.05, 0) is 50.4 Å². The number of aryl methyl sites for hydroxylation is 1. The molecule has 2 heterocycles. The molecule has 1 aromatic carbocycles. The number of aromatic nitrogens is 1. The van der Waals surface area contributed by atoms with Crippen LogP contribution in [0.2, 0.25) is 0 Å². The first-order chi connectivity index (χ1) is 12.4. The van der Waals surface area contributed by atoms with E-state index >= 15 is 0 Å². The summed E-state index contributed by atoms with van der Waals surface area (Å²) in [5.74, 6) is 0.0964. The topological polar surface area (TPSA) is 45.6 Å². The van der Waals surface area contributed by atoms with E-state index in [-0.39, 0.29) is 11.8 Å². The van der Waals surface area contributed by atoms with E-state index in [9.17, 15) is 9.59 Å². The van der Waals surface area contributed by atoms with Crippen molar-refractivity contribution in [2.24, 2.45) is 7.05 Å². The van der Waals surface area contributed by atoms with Crippen LogP contribution in [0.3, 0.4) is 0 Å². The monoisotopic (exact) mass is 371 g/mol. The molecule has 0 unspecified atom stereocenters. The zero-order chi connectivity index (χ0) is 18.8. The van der Waals surface area contributed by atoms with Crippen molar-refractivity contribution in [2.75, 3.05) is 32.4 Å². The summed E-state index contributed by atoms with van der Waals surface area (Å²) in [5, 5.41) is 0. The maximum Gasteiger partial charge on any atom is 0.255 e. The van der Waals surface area contributed by atoms with Crippen molar-refractivity contribution >= 4 is 23.6 Å². The Morgan fingerprint density at radius 1 is 0.923 bits per heavy atom. The first-order valence-corrected chi connectivity index (χ1v) is 10.0. The van der Waals surface area contributed by atoms with Crippen molar-refractivity contribution in [1.82, 2.24) is 14.4 Å². The average molecular weight is 372 g/mol. The molecule has 0 aliphatic carbocycles. The van der Waals surface area contributed by atoms with Crippen molar-refractivity contribution < 1.29 is 9.59 Å². The summed E-state index contributed by atoms with van der Waals surface area (Å²) in [6.07, 6.45) is 2.02. The van der Waals surface area contributed by atoms with Crippen LogP contribution in [-0.4, -0.2) is 58.6 Å². The third-order valence-corrected chi connectivity index (χ3v) is 5.94. The smallest absolute Gasteiger partial charge is 0.255 e. The van der Waals surface area contributed by atoms with E-state index in [0.29, 0.717) is 31.7 Å². The van der Waals surface area contributed by atoms with Gasteiger partial charge in [-0.1, -0.05) is 0 Å². The van der Waals surface area contributed by atoms with Gasteiger partial charge in [0, 0.05) is 55.1 Å². The van der Waals surface area contributed by atoms with Crippen molar-refractivity contribution in [3.63, 3.8) is 0 Å². The minimum atomic E-state index is 0.0384. The Balaban J connectivity index is 1.63. The van der Waals surface area contributed by atoms with Crippen LogP contribution in [-0.2, 0) is 7.05 Å². The zero-order valence-electron chi connectivity index (χ0n) is 15.8. The highest BCUT2D eigenvalue weighted by Crippen LogP contribution is 2.19. The van der Waals surface area contributed by atoms with Gasteiger partial charge in [0.15, 0.2) is 0 Å². The number of hydrogen-bond donors (Lipinski definition) is 0. The van der Waals surface area contributed by atoms with Crippen LogP contribution in [0.15, 0.2) is 35.2 Å².